The normalized spacial score (nSPS) is 16.2. The van der Waals surface area contributed by atoms with Crippen LogP contribution in [0.4, 0.5) is 5.13 Å². The van der Waals surface area contributed by atoms with Crippen molar-refractivity contribution in [1.29, 1.82) is 0 Å². The van der Waals surface area contributed by atoms with Gasteiger partial charge in [0.15, 0.2) is 0 Å². The van der Waals surface area contributed by atoms with Gasteiger partial charge in [-0.3, -0.25) is 9.59 Å². The van der Waals surface area contributed by atoms with E-state index in [2.05, 4.69) is 15.5 Å². The van der Waals surface area contributed by atoms with Crippen LogP contribution < -0.4 is 5.32 Å². The molecule has 0 spiro atoms. The Bertz CT molecular complexity index is 975. The second-order valence-electron chi connectivity index (χ2n) is 7.13. The summed E-state index contributed by atoms with van der Waals surface area (Å²) in [4.78, 5) is 26.7. The number of nitrogens with one attached hydrogen (secondary N) is 1. The van der Waals surface area contributed by atoms with E-state index in [9.17, 15) is 9.59 Å². The molecule has 0 saturated carbocycles. The molecule has 1 atom stereocenters. The summed E-state index contributed by atoms with van der Waals surface area (Å²) in [5, 5.41) is 12.4. The van der Waals surface area contributed by atoms with Gasteiger partial charge in [0.25, 0.3) is 0 Å². The minimum absolute atomic E-state index is 0.0307. The van der Waals surface area contributed by atoms with Crippen LogP contribution in [0.1, 0.15) is 22.6 Å². The molecule has 148 valence electrons. The first-order valence-electron chi connectivity index (χ1n) is 9.66. The van der Waals surface area contributed by atoms with Crippen molar-refractivity contribution in [2.75, 3.05) is 18.4 Å². The monoisotopic (exact) mass is 406 g/mol. The maximum Gasteiger partial charge on any atom is 0.231 e. The number of carbonyl (C=O) groups is 2. The number of aromatic nitrogens is 2. The van der Waals surface area contributed by atoms with Gasteiger partial charge in [0.1, 0.15) is 5.01 Å². The lowest BCUT2D eigenvalue weighted by atomic mass is 10.1. The van der Waals surface area contributed by atoms with E-state index in [-0.39, 0.29) is 24.2 Å². The van der Waals surface area contributed by atoms with E-state index in [1.807, 2.05) is 60.7 Å². The minimum atomic E-state index is -0.347. The van der Waals surface area contributed by atoms with Gasteiger partial charge in [0.2, 0.25) is 16.9 Å². The molecule has 1 aliphatic rings. The van der Waals surface area contributed by atoms with Crippen molar-refractivity contribution >= 4 is 28.3 Å². The Morgan fingerprint density at radius 3 is 2.45 bits per heavy atom. The topological polar surface area (TPSA) is 75.2 Å². The third kappa shape index (κ3) is 5.06. The molecular weight excluding hydrogens is 384 g/mol. The Morgan fingerprint density at radius 2 is 1.72 bits per heavy atom. The van der Waals surface area contributed by atoms with Gasteiger partial charge >= 0.3 is 0 Å². The Hall–Kier alpha value is -3.06. The highest BCUT2D eigenvalue weighted by molar-refractivity contribution is 7.15. The third-order valence-electron chi connectivity index (χ3n) is 4.99. The van der Waals surface area contributed by atoms with Crippen molar-refractivity contribution in [2.45, 2.75) is 19.3 Å². The summed E-state index contributed by atoms with van der Waals surface area (Å²) >= 11 is 1.37. The van der Waals surface area contributed by atoms with E-state index in [0.717, 1.165) is 17.0 Å². The second kappa shape index (κ2) is 8.96. The van der Waals surface area contributed by atoms with Crippen LogP contribution in [0.3, 0.4) is 0 Å². The van der Waals surface area contributed by atoms with Crippen LogP contribution in [0.15, 0.2) is 60.7 Å². The molecule has 2 amide bonds. The number of benzene rings is 2. The first kappa shape index (κ1) is 19.3. The first-order chi connectivity index (χ1) is 14.2. The summed E-state index contributed by atoms with van der Waals surface area (Å²) in [6.07, 6.45) is 1.72. The largest absolute Gasteiger partial charge is 0.342 e. The van der Waals surface area contributed by atoms with Crippen LogP contribution in [0.2, 0.25) is 0 Å². The molecule has 1 unspecified atom stereocenters. The Balaban J connectivity index is 1.29. The first-order valence-corrected chi connectivity index (χ1v) is 10.5. The van der Waals surface area contributed by atoms with Crippen molar-refractivity contribution < 1.29 is 9.59 Å². The molecule has 1 N–H and O–H groups in total. The molecule has 2 aromatic carbocycles. The van der Waals surface area contributed by atoms with Crippen molar-refractivity contribution in [3.8, 4) is 0 Å². The summed E-state index contributed by atoms with van der Waals surface area (Å²) in [6, 6.07) is 20.1. The van der Waals surface area contributed by atoms with Gasteiger partial charge in [0.05, 0.1) is 5.92 Å². The fourth-order valence-electron chi connectivity index (χ4n) is 3.43. The van der Waals surface area contributed by atoms with Crippen LogP contribution in [-0.2, 0) is 22.4 Å². The highest BCUT2D eigenvalue weighted by Gasteiger charge is 2.34. The molecular formula is C22H22N4O2S. The summed E-state index contributed by atoms with van der Waals surface area (Å²) in [5.41, 5.74) is 2.34. The molecule has 1 fully saturated rings. The maximum atomic E-state index is 12.6. The Morgan fingerprint density at radius 1 is 1.03 bits per heavy atom. The predicted molar refractivity (Wildman–Crippen MR) is 113 cm³/mol. The second-order valence-corrected chi connectivity index (χ2v) is 8.19. The standard InChI is InChI=1S/C22H22N4O2S/c27-20-14-18(15-26(20)12-11-16-7-3-1-4-8-16)21(28)23-22-25-24-19(29-22)13-17-9-5-2-6-10-17/h1-10,18H,11-15H2,(H,23,25,28). The Kier molecular flexibility index (Phi) is 5.95. The van der Waals surface area contributed by atoms with Gasteiger partial charge in [0, 0.05) is 25.9 Å². The summed E-state index contributed by atoms with van der Waals surface area (Å²) in [5.74, 6) is -0.481. The van der Waals surface area contributed by atoms with E-state index in [1.165, 1.54) is 16.9 Å². The molecule has 29 heavy (non-hydrogen) atoms. The fraction of sp³-hybridized carbons (Fsp3) is 0.273. The van der Waals surface area contributed by atoms with E-state index in [4.69, 9.17) is 0 Å². The number of rotatable bonds is 7. The van der Waals surface area contributed by atoms with Gasteiger partial charge in [-0.25, -0.2) is 0 Å². The molecule has 0 bridgehead atoms. The molecule has 7 heteroatoms. The molecule has 1 aliphatic heterocycles. The zero-order valence-corrected chi connectivity index (χ0v) is 16.8. The fourth-order valence-corrected chi connectivity index (χ4v) is 4.20. The number of anilines is 1. The summed E-state index contributed by atoms with van der Waals surface area (Å²) in [6.45, 7) is 1.08. The number of nitrogens with zero attached hydrogens (tertiary/aromatic N) is 3. The number of likely N-dealkylation sites (tertiary alicyclic amines) is 1. The summed E-state index contributed by atoms with van der Waals surface area (Å²) < 4.78 is 0. The SMILES string of the molecule is O=C(Nc1nnc(Cc2ccccc2)s1)C1CC(=O)N(CCc2ccccc2)C1. The molecule has 2 heterocycles. The van der Waals surface area contributed by atoms with E-state index < -0.39 is 0 Å². The molecule has 6 nitrogen and oxygen atoms in total. The van der Waals surface area contributed by atoms with Crippen molar-refractivity contribution in [3.63, 3.8) is 0 Å². The number of carbonyl (C=O) groups excluding carboxylic acids is 2. The van der Waals surface area contributed by atoms with Crippen LogP contribution in [-0.4, -0.2) is 40.0 Å². The minimum Gasteiger partial charge on any atom is -0.342 e. The van der Waals surface area contributed by atoms with Crippen LogP contribution >= 0.6 is 11.3 Å². The number of hydrogen-bond donors (Lipinski definition) is 1. The lowest BCUT2D eigenvalue weighted by molar-refractivity contribution is -0.128. The zero-order valence-electron chi connectivity index (χ0n) is 16.0. The van der Waals surface area contributed by atoms with E-state index >= 15 is 0 Å². The summed E-state index contributed by atoms with van der Waals surface area (Å²) in [7, 11) is 0. The number of amides is 2. The average Bonchev–Trinajstić information content (AvgIpc) is 3.34. The van der Waals surface area contributed by atoms with Crippen LogP contribution in [0, 0.1) is 5.92 Å². The smallest absolute Gasteiger partial charge is 0.231 e. The van der Waals surface area contributed by atoms with Crippen LogP contribution in [0.5, 0.6) is 0 Å². The van der Waals surface area contributed by atoms with Crippen LogP contribution in [0.25, 0.3) is 0 Å². The predicted octanol–water partition coefficient (Wildman–Crippen LogP) is 3.16. The quantitative estimate of drug-likeness (QED) is 0.654. The Labute approximate surface area is 173 Å². The van der Waals surface area contributed by atoms with Gasteiger partial charge in [-0.1, -0.05) is 72.0 Å². The molecule has 1 saturated heterocycles. The molecule has 3 aromatic rings. The molecule has 1 aromatic heterocycles. The average molecular weight is 407 g/mol. The van der Waals surface area contributed by atoms with Gasteiger partial charge in [-0.15, -0.1) is 10.2 Å². The van der Waals surface area contributed by atoms with Gasteiger partial charge < -0.3 is 10.2 Å². The van der Waals surface area contributed by atoms with Crippen molar-refractivity contribution in [1.82, 2.24) is 15.1 Å². The maximum absolute atomic E-state index is 12.6. The highest BCUT2D eigenvalue weighted by Crippen LogP contribution is 2.23. The van der Waals surface area contributed by atoms with Gasteiger partial charge in [-0.05, 0) is 17.5 Å². The van der Waals surface area contributed by atoms with Gasteiger partial charge in [-0.2, -0.15) is 0 Å². The van der Waals surface area contributed by atoms with E-state index in [0.29, 0.717) is 24.6 Å². The van der Waals surface area contributed by atoms with Crippen molar-refractivity contribution in [3.05, 3.63) is 76.8 Å². The highest BCUT2D eigenvalue weighted by atomic mass is 32.1. The molecule has 0 aliphatic carbocycles. The third-order valence-corrected chi connectivity index (χ3v) is 5.83. The molecule has 0 radical (unpaired) electrons. The zero-order chi connectivity index (χ0) is 20.1. The lowest BCUT2D eigenvalue weighted by Gasteiger charge is -2.16. The molecule has 4 rings (SSSR count). The van der Waals surface area contributed by atoms with E-state index in [1.54, 1.807) is 4.90 Å². The van der Waals surface area contributed by atoms with Crippen molar-refractivity contribution in [2.24, 2.45) is 5.92 Å². The lowest BCUT2D eigenvalue weighted by Crippen LogP contribution is -2.30. The number of hydrogen-bond acceptors (Lipinski definition) is 5.